The Morgan fingerprint density at radius 2 is 2.09 bits per heavy atom. The van der Waals surface area contributed by atoms with Gasteiger partial charge in [0.05, 0.1) is 23.8 Å². The Labute approximate surface area is 126 Å². The van der Waals surface area contributed by atoms with E-state index in [0.29, 0.717) is 5.69 Å². The van der Waals surface area contributed by atoms with Crippen LogP contribution in [-0.2, 0) is 9.53 Å². The van der Waals surface area contributed by atoms with Crippen LogP contribution in [0, 0.1) is 16.0 Å². The molecule has 0 aromatic heterocycles. The molecular weight excluding hydrogens is 292 g/mol. The summed E-state index contributed by atoms with van der Waals surface area (Å²) in [4.78, 5) is 35.8. The van der Waals surface area contributed by atoms with Gasteiger partial charge in [-0.3, -0.25) is 14.9 Å². The van der Waals surface area contributed by atoms with Crippen molar-refractivity contribution in [1.82, 2.24) is 0 Å². The van der Waals surface area contributed by atoms with Gasteiger partial charge in [-0.1, -0.05) is 13.8 Å². The average molecular weight is 308 g/mol. The number of fused-ring (bicyclic) bond motifs is 1. The predicted molar refractivity (Wildman–Crippen MR) is 77.1 cm³/mol. The number of benzene rings is 1. The Morgan fingerprint density at radius 1 is 1.45 bits per heavy atom. The van der Waals surface area contributed by atoms with E-state index in [1.165, 1.54) is 18.0 Å². The van der Waals surface area contributed by atoms with Crippen LogP contribution >= 0.6 is 0 Å². The number of hydrogen-bond donors (Lipinski definition) is 0. The molecule has 1 heterocycles. The number of rotatable bonds is 3. The summed E-state index contributed by atoms with van der Waals surface area (Å²) in [7, 11) is 2.66. The molecule has 8 heteroatoms. The molecule has 1 aromatic rings. The van der Waals surface area contributed by atoms with E-state index >= 15 is 0 Å². The molecule has 0 fully saturated rings. The summed E-state index contributed by atoms with van der Waals surface area (Å²) < 4.78 is 10.1. The lowest BCUT2D eigenvalue weighted by Crippen LogP contribution is -2.46. The fraction of sp³-hybridized carbons (Fsp3) is 0.429. The lowest BCUT2D eigenvalue weighted by Gasteiger charge is -2.33. The molecule has 0 radical (unpaired) electrons. The summed E-state index contributed by atoms with van der Waals surface area (Å²) in [5.41, 5.74) is -0.346. The van der Waals surface area contributed by atoms with Crippen LogP contribution in [0.15, 0.2) is 12.1 Å². The molecule has 1 aliphatic heterocycles. The Bertz CT molecular complexity index is 655. The van der Waals surface area contributed by atoms with Gasteiger partial charge in [0.1, 0.15) is 5.56 Å². The summed E-state index contributed by atoms with van der Waals surface area (Å²) in [6, 6.07) is 2.40. The number of anilines is 1. The van der Waals surface area contributed by atoms with Gasteiger partial charge in [0, 0.05) is 7.05 Å². The number of hydrogen-bond acceptors (Lipinski definition) is 6. The van der Waals surface area contributed by atoms with Crippen LogP contribution in [0.3, 0.4) is 0 Å². The van der Waals surface area contributed by atoms with Crippen LogP contribution in [0.4, 0.5) is 11.4 Å². The van der Waals surface area contributed by atoms with Gasteiger partial charge in [-0.05, 0) is 12.0 Å². The van der Waals surface area contributed by atoms with Gasteiger partial charge in [-0.2, -0.15) is 0 Å². The molecule has 118 valence electrons. The molecule has 1 aromatic carbocycles. The second kappa shape index (κ2) is 5.63. The minimum Gasteiger partial charge on any atom is -0.478 e. The Balaban J connectivity index is 2.62. The van der Waals surface area contributed by atoms with Crippen LogP contribution < -0.4 is 9.64 Å². The number of likely N-dealkylation sites (N-methyl/N-ethyl adjacent to an activating group) is 1. The van der Waals surface area contributed by atoms with Crippen LogP contribution in [-0.4, -0.2) is 37.1 Å². The summed E-state index contributed by atoms with van der Waals surface area (Å²) in [6.07, 6.45) is -0.721. The first kappa shape index (κ1) is 15.7. The largest absolute Gasteiger partial charge is 0.478 e. The van der Waals surface area contributed by atoms with E-state index in [1.807, 2.05) is 13.8 Å². The number of ether oxygens (including phenoxy) is 2. The van der Waals surface area contributed by atoms with E-state index in [-0.39, 0.29) is 23.1 Å². The van der Waals surface area contributed by atoms with Crippen molar-refractivity contribution in [3.8, 4) is 5.75 Å². The normalized spacial score (nSPS) is 17.0. The van der Waals surface area contributed by atoms with Gasteiger partial charge in [0.25, 0.3) is 11.6 Å². The fourth-order valence-electron chi connectivity index (χ4n) is 2.26. The van der Waals surface area contributed by atoms with Crippen molar-refractivity contribution in [2.75, 3.05) is 19.1 Å². The Kier molecular flexibility index (Phi) is 4.03. The van der Waals surface area contributed by atoms with Gasteiger partial charge < -0.3 is 14.4 Å². The smallest absolute Gasteiger partial charge is 0.344 e. The maximum Gasteiger partial charge on any atom is 0.344 e. The SMILES string of the molecule is COC(=O)c1cc2c(cc1[N+](=O)[O-])OC(C(C)C)C(=O)N2C. The third-order valence-corrected chi connectivity index (χ3v) is 3.47. The van der Waals surface area contributed by atoms with E-state index in [9.17, 15) is 19.7 Å². The molecule has 1 unspecified atom stereocenters. The molecule has 0 N–H and O–H groups in total. The minimum atomic E-state index is -0.846. The molecule has 0 spiro atoms. The Morgan fingerprint density at radius 3 is 2.59 bits per heavy atom. The van der Waals surface area contributed by atoms with Crippen molar-refractivity contribution in [3.05, 3.63) is 27.8 Å². The predicted octanol–water partition coefficient (Wildman–Crippen LogP) is 1.76. The van der Waals surface area contributed by atoms with Crippen molar-refractivity contribution in [2.45, 2.75) is 20.0 Å². The highest BCUT2D eigenvalue weighted by Crippen LogP contribution is 2.39. The van der Waals surface area contributed by atoms with Crippen molar-refractivity contribution in [1.29, 1.82) is 0 Å². The van der Waals surface area contributed by atoms with Gasteiger partial charge in [0.2, 0.25) is 0 Å². The molecule has 1 aliphatic rings. The quantitative estimate of drug-likeness (QED) is 0.479. The van der Waals surface area contributed by atoms with Crippen molar-refractivity contribution in [2.24, 2.45) is 5.92 Å². The van der Waals surface area contributed by atoms with E-state index in [1.54, 1.807) is 0 Å². The molecular formula is C14H16N2O6. The molecule has 0 aliphatic carbocycles. The molecule has 8 nitrogen and oxygen atoms in total. The third-order valence-electron chi connectivity index (χ3n) is 3.47. The number of nitro benzene ring substituents is 1. The zero-order valence-corrected chi connectivity index (χ0v) is 12.7. The lowest BCUT2D eigenvalue weighted by molar-refractivity contribution is -0.385. The van der Waals surface area contributed by atoms with Crippen molar-refractivity contribution in [3.63, 3.8) is 0 Å². The first-order valence-electron chi connectivity index (χ1n) is 6.63. The lowest BCUT2D eigenvalue weighted by atomic mass is 10.0. The monoisotopic (exact) mass is 308 g/mol. The summed E-state index contributed by atoms with van der Waals surface area (Å²) in [6.45, 7) is 3.64. The number of amides is 1. The highest BCUT2D eigenvalue weighted by atomic mass is 16.6. The zero-order chi connectivity index (χ0) is 16.6. The number of nitrogens with zero attached hydrogens (tertiary/aromatic N) is 2. The first-order valence-corrected chi connectivity index (χ1v) is 6.63. The fourth-order valence-corrected chi connectivity index (χ4v) is 2.26. The zero-order valence-electron chi connectivity index (χ0n) is 12.7. The number of methoxy groups -OCH3 is 1. The number of nitro groups is 1. The maximum atomic E-state index is 12.2. The highest BCUT2D eigenvalue weighted by Gasteiger charge is 2.37. The second-order valence-corrected chi connectivity index (χ2v) is 5.27. The van der Waals surface area contributed by atoms with Gasteiger partial charge >= 0.3 is 5.97 Å². The molecule has 2 rings (SSSR count). The second-order valence-electron chi connectivity index (χ2n) is 5.27. The van der Waals surface area contributed by atoms with Gasteiger partial charge in [0.15, 0.2) is 11.9 Å². The molecule has 0 bridgehead atoms. The Hall–Kier alpha value is -2.64. The number of carbonyl (C=O) groups excluding carboxylic acids is 2. The number of carbonyl (C=O) groups is 2. The van der Waals surface area contributed by atoms with E-state index in [0.717, 1.165) is 13.2 Å². The average Bonchev–Trinajstić information content (AvgIpc) is 2.48. The van der Waals surface area contributed by atoms with Crippen molar-refractivity contribution < 1.29 is 24.0 Å². The minimum absolute atomic E-state index is 0.0950. The maximum absolute atomic E-state index is 12.2. The summed E-state index contributed by atoms with van der Waals surface area (Å²) in [5, 5.41) is 11.2. The summed E-state index contributed by atoms with van der Waals surface area (Å²) >= 11 is 0. The van der Waals surface area contributed by atoms with E-state index in [2.05, 4.69) is 4.74 Å². The van der Waals surface area contributed by atoms with Gasteiger partial charge in [-0.15, -0.1) is 0 Å². The highest BCUT2D eigenvalue weighted by molar-refractivity contribution is 6.03. The molecule has 0 saturated carbocycles. The third kappa shape index (κ3) is 2.47. The standard InChI is InChI=1S/C14H16N2O6/c1-7(2)12-13(17)15(3)10-5-8(14(18)21-4)9(16(19)20)6-11(10)22-12/h5-7,12H,1-4H3. The number of esters is 1. The van der Waals surface area contributed by atoms with Crippen molar-refractivity contribution >= 4 is 23.3 Å². The van der Waals surface area contributed by atoms with Crippen LogP contribution in [0.25, 0.3) is 0 Å². The molecule has 1 atom stereocenters. The topological polar surface area (TPSA) is 99.0 Å². The van der Waals surface area contributed by atoms with Crippen LogP contribution in [0.2, 0.25) is 0 Å². The summed E-state index contributed by atoms with van der Waals surface area (Å²) in [5.74, 6) is -1.02. The molecule has 0 saturated heterocycles. The van der Waals surface area contributed by atoms with E-state index < -0.39 is 22.7 Å². The first-order chi connectivity index (χ1) is 10.3. The van der Waals surface area contributed by atoms with Gasteiger partial charge in [-0.25, -0.2) is 4.79 Å². The molecule has 1 amide bonds. The molecule has 22 heavy (non-hydrogen) atoms. The van der Waals surface area contributed by atoms with E-state index in [4.69, 9.17) is 4.74 Å². The van der Waals surface area contributed by atoms with Crippen LogP contribution in [0.1, 0.15) is 24.2 Å². The van der Waals surface area contributed by atoms with Crippen LogP contribution in [0.5, 0.6) is 5.75 Å².